The topological polar surface area (TPSA) is 42.0 Å². The van der Waals surface area contributed by atoms with E-state index in [9.17, 15) is 4.79 Å². The molecule has 1 amide bonds. The van der Waals surface area contributed by atoms with Crippen LogP contribution >= 0.6 is 27.5 Å². The molecule has 0 spiro atoms. The molecule has 0 saturated heterocycles. The molecule has 1 N–H and O–H groups in total. The maximum Gasteiger partial charge on any atom is 0.252 e. The van der Waals surface area contributed by atoms with Gasteiger partial charge in [0.05, 0.1) is 5.56 Å². The van der Waals surface area contributed by atoms with Gasteiger partial charge in [0.1, 0.15) is 5.15 Å². The summed E-state index contributed by atoms with van der Waals surface area (Å²) >= 11 is 9.00. The minimum Gasteiger partial charge on any atom is -0.352 e. The van der Waals surface area contributed by atoms with Crippen molar-refractivity contribution in [3.8, 4) is 0 Å². The van der Waals surface area contributed by atoms with Gasteiger partial charge in [0.15, 0.2) is 0 Å². The van der Waals surface area contributed by atoms with Crippen molar-refractivity contribution in [1.82, 2.24) is 10.3 Å². The Labute approximate surface area is 101 Å². The van der Waals surface area contributed by atoms with Crippen molar-refractivity contribution in [2.45, 2.75) is 12.8 Å². The van der Waals surface area contributed by atoms with E-state index in [0.717, 1.165) is 6.54 Å². The van der Waals surface area contributed by atoms with Gasteiger partial charge in [-0.2, -0.15) is 0 Å². The lowest BCUT2D eigenvalue weighted by Gasteiger charge is -2.05. The molecule has 2 rings (SSSR count). The molecule has 1 aromatic rings. The minimum atomic E-state index is -0.0990. The van der Waals surface area contributed by atoms with Crippen LogP contribution in [0.4, 0.5) is 0 Å². The first-order valence-electron chi connectivity index (χ1n) is 4.76. The molecule has 1 aromatic heterocycles. The fourth-order valence-electron chi connectivity index (χ4n) is 1.24. The van der Waals surface area contributed by atoms with Gasteiger partial charge in [-0.3, -0.25) is 4.79 Å². The molecule has 0 aromatic carbocycles. The third kappa shape index (κ3) is 2.92. The number of amides is 1. The van der Waals surface area contributed by atoms with Gasteiger partial charge in [-0.1, -0.05) is 11.6 Å². The number of halogens is 2. The Morgan fingerprint density at radius 3 is 3.07 bits per heavy atom. The first-order chi connectivity index (χ1) is 7.16. The first kappa shape index (κ1) is 10.9. The second-order valence-corrected chi connectivity index (χ2v) is 4.88. The fourth-order valence-corrected chi connectivity index (χ4v) is 1.80. The van der Waals surface area contributed by atoms with Gasteiger partial charge in [0.25, 0.3) is 5.91 Å². The average molecular weight is 290 g/mol. The van der Waals surface area contributed by atoms with E-state index in [-0.39, 0.29) is 5.91 Å². The summed E-state index contributed by atoms with van der Waals surface area (Å²) in [4.78, 5) is 15.6. The standard InChI is InChI=1S/C10H10BrClN2O/c11-8-5-13-9(12)3-7(8)10(15)14-4-6-1-2-6/h3,5-6H,1-2,4H2,(H,14,15). The zero-order valence-corrected chi connectivity index (χ0v) is 10.3. The molecule has 3 nitrogen and oxygen atoms in total. The third-order valence-corrected chi connectivity index (χ3v) is 3.15. The highest BCUT2D eigenvalue weighted by Crippen LogP contribution is 2.28. The van der Waals surface area contributed by atoms with Crippen LogP contribution in [0.25, 0.3) is 0 Å². The van der Waals surface area contributed by atoms with Gasteiger partial charge in [-0.15, -0.1) is 0 Å². The van der Waals surface area contributed by atoms with E-state index in [1.165, 1.54) is 19.0 Å². The Bertz CT molecular complexity index is 393. The third-order valence-electron chi connectivity index (χ3n) is 2.31. The Hall–Kier alpha value is -0.610. The molecule has 0 bridgehead atoms. The molecular weight excluding hydrogens is 279 g/mol. The molecule has 0 atom stereocenters. The van der Waals surface area contributed by atoms with E-state index in [4.69, 9.17) is 11.6 Å². The number of nitrogens with one attached hydrogen (secondary N) is 1. The highest BCUT2D eigenvalue weighted by atomic mass is 79.9. The predicted octanol–water partition coefficient (Wildman–Crippen LogP) is 2.64. The molecule has 0 aliphatic heterocycles. The smallest absolute Gasteiger partial charge is 0.252 e. The van der Waals surface area contributed by atoms with Crippen LogP contribution < -0.4 is 5.32 Å². The van der Waals surface area contributed by atoms with Gasteiger partial charge in [-0.05, 0) is 40.8 Å². The summed E-state index contributed by atoms with van der Waals surface area (Å²) in [5.41, 5.74) is 0.538. The lowest BCUT2D eigenvalue weighted by molar-refractivity contribution is 0.0951. The van der Waals surface area contributed by atoms with E-state index < -0.39 is 0 Å². The maximum atomic E-state index is 11.7. The Morgan fingerprint density at radius 1 is 1.67 bits per heavy atom. The van der Waals surface area contributed by atoms with Crippen molar-refractivity contribution < 1.29 is 4.79 Å². The molecule has 1 heterocycles. The molecule has 1 aliphatic carbocycles. The maximum absolute atomic E-state index is 11.7. The Kier molecular flexibility index (Phi) is 3.26. The molecule has 5 heteroatoms. The van der Waals surface area contributed by atoms with Crippen LogP contribution in [0.5, 0.6) is 0 Å². The molecule has 80 valence electrons. The van der Waals surface area contributed by atoms with Crippen molar-refractivity contribution >= 4 is 33.4 Å². The van der Waals surface area contributed by atoms with Crippen molar-refractivity contribution in [2.75, 3.05) is 6.54 Å². The zero-order valence-electron chi connectivity index (χ0n) is 7.96. The number of hydrogen-bond donors (Lipinski definition) is 1. The molecular formula is C10H10BrClN2O. The summed E-state index contributed by atoms with van der Waals surface area (Å²) in [7, 11) is 0. The van der Waals surface area contributed by atoms with Crippen molar-refractivity contribution in [2.24, 2.45) is 5.92 Å². The molecule has 0 unspecified atom stereocenters. The first-order valence-corrected chi connectivity index (χ1v) is 5.93. The highest BCUT2D eigenvalue weighted by molar-refractivity contribution is 9.10. The summed E-state index contributed by atoms with van der Waals surface area (Å²) < 4.78 is 0.667. The van der Waals surface area contributed by atoms with Crippen LogP contribution in [0, 0.1) is 5.92 Å². The number of nitrogens with zero attached hydrogens (tertiary/aromatic N) is 1. The Morgan fingerprint density at radius 2 is 2.40 bits per heavy atom. The van der Waals surface area contributed by atoms with Crippen LogP contribution in [0.2, 0.25) is 5.15 Å². The number of carbonyl (C=O) groups excluding carboxylic acids is 1. The number of aromatic nitrogens is 1. The summed E-state index contributed by atoms with van der Waals surface area (Å²) in [6, 6.07) is 1.56. The molecule has 1 saturated carbocycles. The number of pyridine rings is 1. The number of hydrogen-bond acceptors (Lipinski definition) is 2. The van der Waals surface area contributed by atoms with E-state index in [2.05, 4.69) is 26.2 Å². The van der Waals surface area contributed by atoms with Crippen LogP contribution in [0.15, 0.2) is 16.7 Å². The largest absolute Gasteiger partial charge is 0.352 e. The van der Waals surface area contributed by atoms with Crippen LogP contribution in [-0.4, -0.2) is 17.4 Å². The summed E-state index contributed by atoms with van der Waals surface area (Å²) in [5.74, 6) is 0.572. The zero-order chi connectivity index (χ0) is 10.8. The second-order valence-electron chi connectivity index (χ2n) is 3.64. The minimum absolute atomic E-state index is 0.0990. The monoisotopic (exact) mass is 288 g/mol. The fraction of sp³-hybridized carbons (Fsp3) is 0.400. The van der Waals surface area contributed by atoms with Crippen LogP contribution in [0.3, 0.4) is 0 Å². The van der Waals surface area contributed by atoms with Gasteiger partial charge in [-0.25, -0.2) is 4.98 Å². The van der Waals surface area contributed by atoms with Crippen molar-refractivity contribution in [3.63, 3.8) is 0 Å². The quantitative estimate of drug-likeness (QED) is 0.869. The Balaban J connectivity index is 2.05. The summed E-state index contributed by atoms with van der Waals surface area (Å²) in [5, 5.41) is 3.20. The van der Waals surface area contributed by atoms with Crippen LogP contribution in [-0.2, 0) is 0 Å². The van der Waals surface area contributed by atoms with Gasteiger partial charge >= 0.3 is 0 Å². The molecule has 1 fully saturated rings. The molecule has 15 heavy (non-hydrogen) atoms. The van der Waals surface area contributed by atoms with E-state index in [0.29, 0.717) is 21.1 Å². The van der Waals surface area contributed by atoms with E-state index in [1.54, 1.807) is 6.07 Å². The van der Waals surface area contributed by atoms with Crippen molar-refractivity contribution in [1.29, 1.82) is 0 Å². The van der Waals surface area contributed by atoms with Crippen molar-refractivity contribution in [3.05, 3.63) is 27.5 Å². The van der Waals surface area contributed by atoms with Gasteiger partial charge in [0, 0.05) is 17.2 Å². The average Bonchev–Trinajstić information content (AvgIpc) is 3.02. The predicted molar refractivity (Wildman–Crippen MR) is 62.0 cm³/mol. The normalized spacial score (nSPS) is 15.1. The van der Waals surface area contributed by atoms with Gasteiger partial charge < -0.3 is 5.32 Å². The van der Waals surface area contributed by atoms with Crippen LogP contribution in [0.1, 0.15) is 23.2 Å². The highest BCUT2D eigenvalue weighted by Gasteiger charge is 2.22. The number of rotatable bonds is 3. The van der Waals surface area contributed by atoms with E-state index >= 15 is 0 Å². The SMILES string of the molecule is O=C(NCC1CC1)c1cc(Cl)ncc1Br. The summed E-state index contributed by atoms with van der Waals surface area (Å²) in [6.07, 6.45) is 3.98. The van der Waals surface area contributed by atoms with E-state index in [1.807, 2.05) is 0 Å². The molecule has 1 aliphatic rings. The number of carbonyl (C=O) groups is 1. The van der Waals surface area contributed by atoms with Gasteiger partial charge in [0.2, 0.25) is 0 Å². The molecule has 0 radical (unpaired) electrons. The second kappa shape index (κ2) is 4.49. The summed E-state index contributed by atoms with van der Waals surface area (Å²) in [6.45, 7) is 0.755. The lowest BCUT2D eigenvalue weighted by Crippen LogP contribution is -2.25. The lowest BCUT2D eigenvalue weighted by atomic mass is 10.2.